The lowest BCUT2D eigenvalue weighted by molar-refractivity contribution is -0.151. The highest BCUT2D eigenvalue weighted by molar-refractivity contribution is 5.96. The van der Waals surface area contributed by atoms with Crippen LogP contribution in [-0.4, -0.2) is 72.8 Å². The molecule has 0 aliphatic carbocycles. The number of carbonyl (C=O) groups is 4. The van der Waals surface area contributed by atoms with Gasteiger partial charge in [-0.25, -0.2) is 0 Å². The third-order valence-corrected chi connectivity index (χ3v) is 5.18. The van der Waals surface area contributed by atoms with Gasteiger partial charge in [0, 0.05) is 20.1 Å². The van der Waals surface area contributed by atoms with E-state index in [1.54, 1.807) is 24.9 Å². The van der Waals surface area contributed by atoms with Gasteiger partial charge in [-0.3, -0.25) is 19.2 Å². The summed E-state index contributed by atoms with van der Waals surface area (Å²) in [5, 5.41) is 2.68. The minimum atomic E-state index is -0.782. The van der Waals surface area contributed by atoms with E-state index in [9.17, 15) is 19.2 Å². The highest BCUT2D eigenvalue weighted by atomic mass is 16.5. The van der Waals surface area contributed by atoms with Crippen LogP contribution in [0, 0.1) is 11.8 Å². The van der Waals surface area contributed by atoms with E-state index < -0.39 is 11.9 Å². The Morgan fingerprint density at radius 2 is 1.93 bits per heavy atom. The molecular formula is C21H31N3O6. The van der Waals surface area contributed by atoms with Crippen LogP contribution in [0.15, 0.2) is 22.8 Å². The van der Waals surface area contributed by atoms with E-state index in [1.165, 1.54) is 17.2 Å². The Balaban J connectivity index is 1.89. The SMILES string of the molecule is CCOC(=O)C1CCN(C(=O)CN(C)C(=O)C(NC(=O)c2ccco2)C(C)C)CC1. The molecule has 1 aliphatic heterocycles. The summed E-state index contributed by atoms with van der Waals surface area (Å²) in [6.07, 6.45) is 2.49. The van der Waals surface area contributed by atoms with Crippen molar-refractivity contribution in [3.63, 3.8) is 0 Å². The summed E-state index contributed by atoms with van der Waals surface area (Å²) in [5.41, 5.74) is 0. The van der Waals surface area contributed by atoms with Crippen molar-refractivity contribution in [3.8, 4) is 0 Å². The molecule has 9 heteroatoms. The zero-order chi connectivity index (χ0) is 22.3. The summed E-state index contributed by atoms with van der Waals surface area (Å²) in [6.45, 7) is 6.56. The van der Waals surface area contributed by atoms with Crippen molar-refractivity contribution in [2.45, 2.75) is 39.7 Å². The first-order chi connectivity index (χ1) is 14.2. The molecule has 1 unspecified atom stereocenters. The van der Waals surface area contributed by atoms with E-state index in [-0.39, 0.29) is 41.9 Å². The maximum atomic E-state index is 12.9. The lowest BCUT2D eigenvalue weighted by atomic mass is 9.97. The summed E-state index contributed by atoms with van der Waals surface area (Å²) in [6, 6.07) is 2.33. The van der Waals surface area contributed by atoms with Gasteiger partial charge in [0.15, 0.2) is 5.76 Å². The molecular weight excluding hydrogens is 390 g/mol. The average Bonchev–Trinajstić information content (AvgIpc) is 3.26. The standard InChI is InChI=1S/C21H31N3O6/c1-5-29-21(28)15-8-10-24(11-9-15)17(25)13-23(4)20(27)18(14(2)3)22-19(26)16-7-6-12-30-16/h6-7,12,14-15,18H,5,8-11,13H2,1-4H3,(H,22,26). The second-order valence-electron chi connectivity index (χ2n) is 7.77. The zero-order valence-electron chi connectivity index (χ0n) is 18.1. The predicted octanol–water partition coefficient (Wildman–Crippen LogP) is 1.29. The number of hydrogen-bond donors (Lipinski definition) is 1. The monoisotopic (exact) mass is 421 g/mol. The Hall–Kier alpha value is -2.84. The third kappa shape index (κ3) is 6.08. The number of nitrogens with zero attached hydrogens (tertiary/aromatic N) is 2. The number of amides is 3. The maximum Gasteiger partial charge on any atom is 0.309 e. The predicted molar refractivity (Wildman–Crippen MR) is 108 cm³/mol. The van der Waals surface area contributed by atoms with Gasteiger partial charge < -0.3 is 24.3 Å². The highest BCUT2D eigenvalue weighted by Crippen LogP contribution is 2.19. The van der Waals surface area contributed by atoms with Crippen LogP contribution in [0.3, 0.4) is 0 Å². The summed E-state index contributed by atoms with van der Waals surface area (Å²) in [4.78, 5) is 52.6. The quantitative estimate of drug-likeness (QED) is 0.634. The molecule has 3 amide bonds. The lowest BCUT2D eigenvalue weighted by Crippen LogP contribution is -2.53. The van der Waals surface area contributed by atoms with Gasteiger partial charge in [0.05, 0.1) is 25.3 Å². The lowest BCUT2D eigenvalue weighted by Gasteiger charge is -2.33. The van der Waals surface area contributed by atoms with Gasteiger partial charge in [0.1, 0.15) is 6.04 Å². The Morgan fingerprint density at radius 1 is 1.27 bits per heavy atom. The van der Waals surface area contributed by atoms with Crippen molar-refractivity contribution >= 4 is 23.7 Å². The molecule has 2 heterocycles. The van der Waals surface area contributed by atoms with Gasteiger partial charge in [0.25, 0.3) is 5.91 Å². The number of likely N-dealkylation sites (tertiary alicyclic amines) is 1. The molecule has 0 bridgehead atoms. The van der Waals surface area contributed by atoms with Crippen molar-refractivity contribution in [2.24, 2.45) is 11.8 Å². The molecule has 0 saturated carbocycles. The number of furan rings is 1. The van der Waals surface area contributed by atoms with Crippen LogP contribution in [0.2, 0.25) is 0 Å². The number of carbonyl (C=O) groups excluding carboxylic acids is 4. The van der Waals surface area contributed by atoms with E-state index in [1.807, 2.05) is 13.8 Å². The van der Waals surface area contributed by atoms with Gasteiger partial charge in [-0.1, -0.05) is 13.8 Å². The maximum absolute atomic E-state index is 12.9. The number of nitrogens with one attached hydrogen (secondary N) is 1. The minimum Gasteiger partial charge on any atom is -0.466 e. The van der Waals surface area contributed by atoms with Crippen molar-refractivity contribution in [3.05, 3.63) is 24.2 Å². The van der Waals surface area contributed by atoms with E-state index in [0.29, 0.717) is 32.5 Å². The largest absolute Gasteiger partial charge is 0.466 e. The van der Waals surface area contributed by atoms with Crippen molar-refractivity contribution in [1.29, 1.82) is 0 Å². The minimum absolute atomic E-state index is 0.0945. The van der Waals surface area contributed by atoms with Crippen LogP contribution in [-0.2, 0) is 19.1 Å². The summed E-state index contributed by atoms with van der Waals surface area (Å²) < 4.78 is 10.1. The summed E-state index contributed by atoms with van der Waals surface area (Å²) in [5.74, 6) is -1.47. The van der Waals surface area contributed by atoms with Crippen LogP contribution < -0.4 is 5.32 Å². The fourth-order valence-corrected chi connectivity index (χ4v) is 3.38. The molecule has 1 fully saturated rings. The van der Waals surface area contributed by atoms with E-state index in [0.717, 1.165) is 0 Å². The Bertz CT molecular complexity index is 738. The normalized spacial score (nSPS) is 15.6. The molecule has 0 spiro atoms. The average molecular weight is 421 g/mol. The topological polar surface area (TPSA) is 109 Å². The molecule has 0 aromatic carbocycles. The van der Waals surface area contributed by atoms with Crippen molar-refractivity contribution < 1.29 is 28.3 Å². The molecule has 1 aromatic heterocycles. The first-order valence-electron chi connectivity index (χ1n) is 10.3. The third-order valence-electron chi connectivity index (χ3n) is 5.18. The second kappa shape index (κ2) is 10.8. The molecule has 1 aromatic rings. The number of hydrogen-bond acceptors (Lipinski definition) is 6. The van der Waals surface area contributed by atoms with Crippen molar-refractivity contribution in [2.75, 3.05) is 33.3 Å². The Labute approximate surface area is 176 Å². The Kier molecular flexibility index (Phi) is 8.44. The fourth-order valence-electron chi connectivity index (χ4n) is 3.38. The number of piperidine rings is 1. The second-order valence-corrected chi connectivity index (χ2v) is 7.77. The van der Waals surface area contributed by atoms with Crippen LogP contribution in [0.5, 0.6) is 0 Å². The van der Waals surface area contributed by atoms with Crippen LogP contribution >= 0.6 is 0 Å². The Morgan fingerprint density at radius 3 is 2.47 bits per heavy atom. The first kappa shape index (κ1) is 23.4. The fraction of sp³-hybridized carbons (Fsp3) is 0.619. The number of ether oxygens (including phenoxy) is 1. The molecule has 0 radical (unpaired) electrons. The van der Waals surface area contributed by atoms with Crippen LogP contribution in [0.1, 0.15) is 44.2 Å². The first-order valence-corrected chi connectivity index (χ1v) is 10.3. The molecule has 30 heavy (non-hydrogen) atoms. The van der Waals surface area contributed by atoms with Crippen LogP contribution in [0.25, 0.3) is 0 Å². The van der Waals surface area contributed by atoms with Gasteiger partial charge in [0.2, 0.25) is 11.8 Å². The van der Waals surface area contributed by atoms with Gasteiger partial charge in [-0.2, -0.15) is 0 Å². The van der Waals surface area contributed by atoms with Gasteiger partial charge in [-0.05, 0) is 37.8 Å². The molecule has 9 nitrogen and oxygen atoms in total. The molecule has 2 rings (SSSR count). The van der Waals surface area contributed by atoms with E-state index in [2.05, 4.69) is 5.32 Å². The molecule has 1 atom stereocenters. The van der Waals surface area contributed by atoms with Crippen molar-refractivity contribution in [1.82, 2.24) is 15.1 Å². The molecule has 1 N–H and O–H groups in total. The molecule has 1 saturated heterocycles. The number of esters is 1. The zero-order valence-corrected chi connectivity index (χ0v) is 18.1. The smallest absolute Gasteiger partial charge is 0.309 e. The molecule has 1 aliphatic rings. The van der Waals surface area contributed by atoms with E-state index >= 15 is 0 Å². The van der Waals surface area contributed by atoms with Crippen LogP contribution in [0.4, 0.5) is 0 Å². The summed E-state index contributed by atoms with van der Waals surface area (Å²) in [7, 11) is 1.54. The van der Waals surface area contributed by atoms with Gasteiger partial charge >= 0.3 is 5.97 Å². The van der Waals surface area contributed by atoms with Gasteiger partial charge in [-0.15, -0.1) is 0 Å². The highest BCUT2D eigenvalue weighted by Gasteiger charge is 2.32. The van der Waals surface area contributed by atoms with E-state index in [4.69, 9.17) is 9.15 Å². The number of rotatable bonds is 8. The molecule has 166 valence electrons. The summed E-state index contributed by atoms with van der Waals surface area (Å²) >= 11 is 0. The number of likely N-dealkylation sites (N-methyl/N-ethyl adjacent to an activating group) is 1.